The van der Waals surface area contributed by atoms with Gasteiger partial charge in [-0.2, -0.15) is 4.98 Å². The third-order valence-corrected chi connectivity index (χ3v) is 8.11. The molecule has 0 radical (unpaired) electrons. The second-order valence-corrected chi connectivity index (χ2v) is 11.0. The molecule has 1 saturated heterocycles. The lowest BCUT2D eigenvalue weighted by atomic mass is 9.83. The molecule has 1 N–H and O–H groups in total. The number of morpholine rings is 1. The van der Waals surface area contributed by atoms with Gasteiger partial charge in [-0.15, -0.1) is 5.10 Å². The molecular weight excluding hydrogens is 508 g/mol. The molecule has 1 aliphatic carbocycles. The highest BCUT2D eigenvalue weighted by Crippen LogP contribution is 2.37. The minimum Gasteiger partial charge on any atom is -0.384 e. The Kier molecular flexibility index (Phi) is 6.65. The number of hydrogen-bond acceptors (Lipinski definition) is 9. The molecule has 0 aromatic carbocycles. The van der Waals surface area contributed by atoms with Crippen molar-refractivity contribution in [1.29, 1.82) is 0 Å². The summed E-state index contributed by atoms with van der Waals surface area (Å²) in [5.41, 5.74) is 2.64. The van der Waals surface area contributed by atoms with Crippen molar-refractivity contribution in [2.75, 3.05) is 18.1 Å². The van der Waals surface area contributed by atoms with Gasteiger partial charge in [0.25, 0.3) is 5.89 Å². The number of rotatable bonds is 5. The standard InChI is InChI=1S/C26H31ClN8O3/c1-14-4-6-17(7-5-14)13-35-21-20(18-10-19(27)12-28-11-18)29-23(24-32-33-26(36)38-24)30-22(21)31-25(35)34-8-9-37-16(3)15(34)2/h10-12,14-17H,4-9,13H2,1-3H3,(H,33,36)/t14-,15-,16+,17-/m1/s1. The SMILES string of the molecule is C[C@@H]1OCCN(c2nc3nc(-c4n[nH]c(=O)o4)nc(-c4cncc(Cl)c4)c3n2C[C@H]2CC[C@H](C)CC2)[C@@H]1C. The van der Waals surface area contributed by atoms with Crippen molar-refractivity contribution in [3.05, 3.63) is 34.0 Å². The number of nitrogens with one attached hydrogen (secondary N) is 1. The molecule has 4 aromatic rings. The van der Waals surface area contributed by atoms with Gasteiger partial charge in [-0.3, -0.25) is 4.98 Å². The largest absolute Gasteiger partial charge is 0.434 e. The fourth-order valence-corrected chi connectivity index (χ4v) is 5.74. The maximum Gasteiger partial charge on any atom is 0.434 e. The third kappa shape index (κ3) is 4.69. The molecule has 38 heavy (non-hydrogen) atoms. The highest BCUT2D eigenvalue weighted by atomic mass is 35.5. The van der Waals surface area contributed by atoms with Gasteiger partial charge < -0.3 is 18.6 Å². The number of hydrogen-bond donors (Lipinski definition) is 1. The third-order valence-electron chi connectivity index (χ3n) is 7.91. The van der Waals surface area contributed by atoms with Gasteiger partial charge in [0, 0.05) is 31.0 Å². The van der Waals surface area contributed by atoms with Gasteiger partial charge in [-0.25, -0.2) is 19.9 Å². The number of halogens is 1. The molecule has 2 aliphatic rings. The second kappa shape index (κ2) is 10.1. The average Bonchev–Trinajstić information content (AvgIpc) is 3.50. The Hall–Kier alpha value is -3.31. The maximum absolute atomic E-state index is 11.7. The summed E-state index contributed by atoms with van der Waals surface area (Å²) in [5.74, 6) is 1.60. The highest BCUT2D eigenvalue weighted by molar-refractivity contribution is 6.30. The van der Waals surface area contributed by atoms with Crippen LogP contribution in [0.2, 0.25) is 5.02 Å². The van der Waals surface area contributed by atoms with E-state index >= 15 is 0 Å². The summed E-state index contributed by atoms with van der Waals surface area (Å²) >= 11 is 6.35. The van der Waals surface area contributed by atoms with E-state index in [1.807, 2.05) is 6.07 Å². The van der Waals surface area contributed by atoms with Crippen LogP contribution in [0.3, 0.4) is 0 Å². The van der Waals surface area contributed by atoms with E-state index in [1.54, 1.807) is 12.4 Å². The molecule has 6 rings (SSSR count). The summed E-state index contributed by atoms with van der Waals surface area (Å²) in [6.45, 7) is 8.73. The van der Waals surface area contributed by atoms with E-state index in [1.165, 1.54) is 25.7 Å². The predicted octanol–water partition coefficient (Wildman–Crippen LogP) is 4.32. The van der Waals surface area contributed by atoms with Crippen LogP contribution >= 0.6 is 11.6 Å². The summed E-state index contributed by atoms with van der Waals surface area (Å²) in [7, 11) is 0. The fourth-order valence-electron chi connectivity index (χ4n) is 5.57. The maximum atomic E-state index is 11.7. The number of nitrogens with zero attached hydrogens (tertiary/aromatic N) is 7. The molecule has 1 saturated carbocycles. The van der Waals surface area contributed by atoms with Crippen molar-refractivity contribution in [3.8, 4) is 23.0 Å². The Bertz CT molecular complexity index is 1510. The number of aromatic nitrogens is 7. The van der Waals surface area contributed by atoms with Crippen LogP contribution in [0.4, 0.5) is 5.95 Å². The molecule has 2 fully saturated rings. The molecule has 12 heteroatoms. The van der Waals surface area contributed by atoms with Crippen LogP contribution in [0.5, 0.6) is 0 Å². The van der Waals surface area contributed by atoms with Crippen LogP contribution in [0, 0.1) is 11.8 Å². The van der Waals surface area contributed by atoms with E-state index in [4.69, 9.17) is 35.7 Å². The van der Waals surface area contributed by atoms with Crippen LogP contribution in [0.15, 0.2) is 27.7 Å². The predicted molar refractivity (Wildman–Crippen MR) is 143 cm³/mol. The number of aromatic amines is 1. The van der Waals surface area contributed by atoms with Gasteiger partial charge >= 0.3 is 5.76 Å². The lowest BCUT2D eigenvalue weighted by Crippen LogP contribution is -2.49. The van der Waals surface area contributed by atoms with Gasteiger partial charge in [0.05, 0.1) is 23.8 Å². The molecule has 11 nitrogen and oxygen atoms in total. The first-order chi connectivity index (χ1) is 18.4. The summed E-state index contributed by atoms with van der Waals surface area (Å²) in [4.78, 5) is 32.9. The first-order valence-electron chi connectivity index (χ1n) is 13.2. The van der Waals surface area contributed by atoms with Gasteiger partial charge in [-0.1, -0.05) is 31.4 Å². The fraction of sp³-hybridized carbons (Fsp3) is 0.538. The Morgan fingerprint density at radius 2 is 1.92 bits per heavy atom. The number of H-pyrrole nitrogens is 1. The molecule has 0 unspecified atom stereocenters. The monoisotopic (exact) mass is 538 g/mol. The lowest BCUT2D eigenvalue weighted by Gasteiger charge is -2.39. The Balaban J connectivity index is 1.58. The zero-order chi connectivity index (χ0) is 26.4. The van der Waals surface area contributed by atoms with Gasteiger partial charge in [-0.05, 0) is 44.6 Å². The molecule has 2 atom stereocenters. The van der Waals surface area contributed by atoms with Crippen LogP contribution in [0.1, 0.15) is 46.5 Å². The summed E-state index contributed by atoms with van der Waals surface area (Å²) in [6.07, 6.45) is 8.14. The molecule has 0 amide bonds. The van der Waals surface area contributed by atoms with E-state index in [0.29, 0.717) is 28.9 Å². The number of imidazole rings is 1. The van der Waals surface area contributed by atoms with Gasteiger partial charge in [0.15, 0.2) is 5.65 Å². The molecule has 0 spiro atoms. The van der Waals surface area contributed by atoms with Crippen LogP contribution in [-0.2, 0) is 11.3 Å². The van der Waals surface area contributed by atoms with Crippen molar-refractivity contribution in [3.63, 3.8) is 0 Å². The van der Waals surface area contributed by atoms with Gasteiger partial charge in [0.2, 0.25) is 11.8 Å². The molecular formula is C26H31ClN8O3. The average molecular weight is 539 g/mol. The highest BCUT2D eigenvalue weighted by Gasteiger charge is 2.32. The van der Waals surface area contributed by atoms with Crippen molar-refractivity contribution < 1.29 is 9.15 Å². The van der Waals surface area contributed by atoms with E-state index in [9.17, 15) is 4.79 Å². The zero-order valence-electron chi connectivity index (χ0n) is 21.7. The molecule has 5 heterocycles. The lowest BCUT2D eigenvalue weighted by molar-refractivity contribution is 0.0274. The number of ether oxygens (including phenoxy) is 1. The number of pyridine rings is 1. The van der Waals surface area contributed by atoms with Crippen LogP contribution < -0.4 is 10.7 Å². The Labute approximate surface area is 224 Å². The summed E-state index contributed by atoms with van der Waals surface area (Å²) < 4.78 is 13.4. The normalized spacial score (nSPS) is 24.3. The first-order valence-corrected chi connectivity index (χ1v) is 13.6. The van der Waals surface area contributed by atoms with Crippen molar-refractivity contribution in [2.24, 2.45) is 11.8 Å². The quantitative estimate of drug-likeness (QED) is 0.395. The van der Waals surface area contributed by atoms with E-state index in [-0.39, 0.29) is 23.9 Å². The van der Waals surface area contributed by atoms with Crippen molar-refractivity contribution in [1.82, 2.24) is 34.7 Å². The van der Waals surface area contributed by atoms with E-state index in [0.717, 1.165) is 36.0 Å². The summed E-state index contributed by atoms with van der Waals surface area (Å²) in [6, 6.07) is 1.94. The van der Waals surface area contributed by atoms with Crippen LogP contribution in [-0.4, -0.2) is 60.0 Å². The smallest absolute Gasteiger partial charge is 0.384 e. The number of fused-ring (bicyclic) bond motifs is 1. The Morgan fingerprint density at radius 3 is 2.66 bits per heavy atom. The topological polar surface area (TPSA) is 128 Å². The zero-order valence-corrected chi connectivity index (χ0v) is 22.5. The van der Waals surface area contributed by atoms with Crippen molar-refractivity contribution >= 4 is 28.7 Å². The van der Waals surface area contributed by atoms with Gasteiger partial charge in [0.1, 0.15) is 11.2 Å². The minimum absolute atomic E-state index is 0.00105. The Morgan fingerprint density at radius 1 is 1.11 bits per heavy atom. The molecule has 200 valence electrons. The number of anilines is 1. The molecule has 4 aromatic heterocycles. The first kappa shape index (κ1) is 25.0. The van der Waals surface area contributed by atoms with Crippen LogP contribution in [0.25, 0.3) is 34.1 Å². The molecule has 1 aliphatic heterocycles. The molecule has 0 bridgehead atoms. The van der Waals surface area contributed by atoms with Crippen molar-refractivity contribution in [2.45, 2.75) is 65.1 Å². The second-order valence-electron chi connectivity index (χ2n) is 10.5. The van der Waals surface area contributed by atoms with E-state index < -0.39 is 5.76 Å². The van der Waals surface area contributed by atoms with E-state index in [2.05, 4.69) is 45.4 Å². The summed E-state index contributed by atoms with van der Waals surface area (Å²) in [5, 5.41) is 6.73. The minimum atomic E-state index is -0.677.